The molecule has 0 radical (unpaired) electrons. The lowest BCUT2D eigenvalue weighted by Gasteiger charge is -2.20. The highest BCUT2D eigenvalue weighted by molar-refractivity contribution is 7.89. The average molecular weight is 474 g/mol. The van der Waals surface area contributed by atoms with Crippen molar-refractivity contribution in [2.24, 2.45) is 5.73 Å². The van der Waals surface area contributed by atoms with Gasteiger partial charge in [0.05, 0.1) is 10.5 Å². The summed E-state index contributed by atoms with van der Waals surface area (Å²) in [7, 11) is -3.62. The number of anilines is 1. The van der Waals surface area contributed by atoms with Gasteiger partial charge in [-0.15, -0.1) is 0 Å². The van der Waals surface area contributed by atoms with E-state index < -0.39 is 33.9 Å². The summed E-state index contributed by atoms with van der Waals surface area (Å²) in [6.07, 6.45) is 2.59. The minimum Gasteiger partial charge on any atom is -0.449 e. The first-order chi connectivity index (χ1) is 15.7. The number of nitrogens with two attached hydrogens (primary N) is 1. The Labute approximate surface area is 193 Å². The molecule has 2 aromatic carbocycles. The molecule has 1 saturated heterocycles. The van der Waals surface area contributed by atoms with Gasteiger partial charge in [0.15, 0.2) is 6.10 Å². The Bertz CT molecular complexity index is 1110. The van der Waals surface area contributed by atoms with Crippen LogP contribution in [0.15, 0.2) is 53.4 Å². The molecule has 176 valence electrons. The Hall–Kier alpha value is -3.24. The second-order valence-electron chi connectivity index (χ2n) is 7.82. The van der Waals surface area contributed by atoms with Crippen molar-refractivity contribution in [3.05, 3.63) is 59.7 Å². The highest BCUT2D eigenvalue weighted by Gasteiger charge is 2.26. The van der Waals surface area contributed by atoms with Gasteiger partial charge < -0.3 is 15.8 Å². The Morgan fingerprint density at radius 1 is 0.909 bits per heavy atom. The number of primary amides is 1. The second kappa shape index (κ2) is 10.6. The number of ether oxygens (including phenoxy) is 1. The van der Waals surface area contributed by atoms with Crippen LogP contribution in [0.1, 0.15) is 53.3 Å². The van der Waals surface area contributed by atoms with E-state index in [0.29, 0.717) is 24.3 Å². The maximum absolute atomic E-state index is 12.9. The molecule has 33 heavy (non-hydrogen) atoms. The van der Waals surface area contributed by atoms with Crippen molar-refractivity contribution in [2.75, 3.05) is 18.4 Å². The smallest absolute Gasteiger partial charge is 0.338 e. The molecule has 0 aliphatic carbocycles. The second-order valence-corrected chi connectivity index (χ2v) is 9.76. The molecular weight excluding hydrogens is 446 g/mol. The van der Waals surface area contributed by atoms with Crippen molar-refractivity contribution >= 4 is 33.5 Å². The van der Waals surface area contributed by atoms with Gasteiger partial charge >= 0.3 is 5.97 Å². The number of nitrogens with one attached hydrogen (secondary N) is 1. The van der Waals surface area contributed by atoms with Crippen LogP contribution in [0.25, 0.3) is 0 Å². The van der Waals surface area contributed by atoms with Gasteiger partial charge in [-0.2, -0.15) is 4.31 Å². The van der Waals surface area contributed by atoms with Crippen molar-refractivity contribution in [3.8, 4) is 0 Å². The molecule has 1 aliphatic heterocycles. The summed E-state index contributed by atoms with van der Waals surface area (Å²) >= 11 is 0. The molecule has 0 spiro atoms. The highest BCUT2D eigenvalue weighted by Crippen LogP contribution is 2.21. The van der Waals surface area contributed by atoms with Crippen molar-refractivity contribution in [1.82, 2.24) is 4.31 Å². The van der Waals surface area contributed by atoms with Crippen LogP contribution in [0.4, 0.5) is 5.69 Å². The van der Waals surface area contributed by atoms with E-state index in [9.17, 15) is 22.8 Å². The number of hydrogen-bond donors (Lipinski definition) is 2. The number of hydrogen-bond acceptors (Lipinski definition) is 6. The molecule has 0 saturated carbocycles. The first-order valence-electron chi connectivity index (χ1n) is 10.7. The Morgan fingerprint density at radius 2 is 1.45 bits per heavy atom. The van der Waals surface area contributed by atoms with Gasteiger partial charge in [-0.05, 0) is 68.3 Å². The fourth-order valence-electron chi connectivity index (χ4n) is 3.44. The van der Waals surface area contributed by atoms with E-state index in [1.807, 2.05) is 0 Å². The van der Waals surface area contributed by atoms with Gasteiger partial charge in [-0.3, -0.25) is 9.59 Å². The normalized spacial score (nSPS) is 15.8. The van der Waals surface area contributed by atoms with Crippen molar-refractivity contribution < 1.29 is 27.5 Å². The standard InChI is InChI=1S/C23H27N3O6S/c1-16(22(28)25-19-10-6-17(7-11-19)21(24)27)32-23(29)18-8-12-20(13-9-18)33(30,31)26-14-4-2-3-5-15-26/h6-13,16H,2-5,14-15H2,1H3,(H2,24,27)(H,25,28)/t16-/m1/s1. The SMILES string of the molecule is C[C@@H](OC(=O)c1ccc(S(=O)(=O)N2CCCCCC2)cc1)C(=O)Nc1ccc(C(N)=O)cc1. The molecule has 0 unspecified atom stereocenters. The Balaban J connectivity index is 1.60. The third-order valence-electron chi connectivity index (χ3n) is 5.38. The molecule has 3 N–H and O–H groups in total. The maximum atomic E-state index is 12.9. The van der Waals surface area contributed by atoms with Crippen molar-refractivity contribution in [2.45, 2.75) is 43.6 Å². The van der Waals surface area contributed by atoms with Gasteiger partial charge in [-0.25, -0.2) is 13.2 Å². The fraction of sp³-hybridized carbons (Fsp3) is 0.348. The van der Waals surface area contributed by atoms with Gasteiger partial charge in [0.25, 0.3) is 5.91 Å². The van der Waals surface area contributed by atoms with Gasteiger partial charge in [0, 0.05) is 24.3 Å². The van der Waals surface area contributed by atoms with E-state index in [2.05, 4.69) is 5.32 Å². The summed E-state index contributed by atoms with van der Waals surface area (Å²) in [5.41, 5.74) is 6.03. The number of nitrogens with zero attached hydrogens (tertiary/aromatic N) is 1. The fourth-order valence-corrected chi connectivity index (χ4v) is 4.96. The summed E-state index contributed by atoms with van der Waals surface area (Å²) in [4.78, 5) is 36.0. The van der Waals surface area contributed by atoms with Crippen molar-refractivity contribution in [3.63, 3.8) is 0 Å². The molecule has 0 bridgehead atoms. The van der Waals surface area contributed by atoms with Crippen LogP contribution in [0.2, 0.25) is 0 Å². The van der Waals surface area contributed by atoms with Gasteiger partial charge in [0.2, 0.25) is 15.9 Å². The van der Waals surface area contributed by atoms with E-state index in [4.69, 9.17) is 10.5 Å². The van der Waals surface area contributed by atoms with E-state index in [0.717, 1.165) is 25.7 Å². The lowest BCUT2D eigenvalue weighted by atomic mass is 10.2. The van der Waals surface area contributed by atoms with Crippen molar-refractivity contribution in [1.29, 1.82) is 0 Å². The highest BCUT2D eigenvalue weighted by atomic mass is 32.2. The predicted molar refractivity (Wildman–Crippen MR) is 122 cm³/mol. The van der Waals surface area contributed by atoms with Crippen LogP contribution in [-0.4, -0.2) is 49.7 Å². The quantitative estimate of drug-likeness (QED) is 0.593. The van der Waals surface area contributed by atoms with Crippen LogP contribution in [0.3, 0.4) is 0 Å². The number of sulfonamides is 1. The summed E-state index contributed by atoms with van der Waals surface area (Å²) in [5.74, 6) is -1.89. The Kier molecular flexibility index (Phi) is 7.83. The molecule has 10 heteroatoms. The first kappa shape index (κ1) is 24.4. The lowest BCUT2D eigenvalue weighted by Crippen LogP contribution is -2.32. The van der Waals surface area contributed by atoms with Crippen LogP contribution in [0.5, 0.6) is 0 Å². The molecule has 1 fully saturated rings. The van der Waals surface area contributed by atoms with Crippen LogP contribution in [-0.2, 0) is 19.6 Å². The predicted octanol–water partition coefficient (Wildman–Crippen LogP) is 2.53. The minimum atomic E-state index is -3.62. The molecule has 1 heterocycles. The summed E-state index contributed by atoms with van der Waals surface area (Å²) in [5, 5.41) is 2.58. The molecule has 1 aliphatic rings. The molecule has 1 atom stereocenters. The molecule has 2 aromatic rings. The van der Waals surface area contributed by atoms with Crippen LogP contribution >= 0.6 is 0 Å². The van der Waals surface area contributed by atoms with Crippen LogP contribution in [0, 0.1) is 0 Å². The van der Waals surface area contributed by atoms with Gasteiger partial charge in [-0.1, -0.05) is 12.8 Å². The largest absolute Gasteiger partial charge is 0.449 e. The molecular formula is C23H27N3O6S. The Morgan fingerprint density at radius 3 is 2.00 bits per heavy atom. The zero-order valence-electron chi connectivity index (χ0n) is 18.3. The maximum Gasteiger partial charge on any atom is 0.338 e. The number of amides is 2. The van der Waals surface area contributed by atoms with E-state index in [1.165, 1.54) is 59.8 Å². The third-order valence-corrected chi connectivity index (χ3v) is 7.30. The topological polar surface area (TPSA) is 136 Å². The number of rotatable bonds is 7. The molecule has 3 rings (SSSR count). The number of esters is 1. The average Bonchev–Trinajstić information content (AvgIpc) is 3.09. The van der Waals surface area contributed by atoms with E-state index in [1.54, 1.807) is 0 Å². The first-order valence-corrected chi connectivity index (χ1v) is 12.1. The number of benzene rings is 2. The van der Waals surface area contributed by atoms with Gasteiger partial charge in [0.1, 0.15) is 0 Å². The number of carbonyl (C=O) groups is 3. The van der Waals surface area contributed by atoms with Crippen LogP contribution < -0.4 is 11.1 Å². The molecule has 0 aromatic heterocycles. The van der Waals surface area contributed by atoms with E-state index in [-0.39, 0.29) is 10.5 Å². The van der Waals surface area contributed by atoms with E-state index >= 15 is 0 Å². The molecule has 9 nitrogen and oxygen atoms in total. The minimum absolute atomic E-state index is 0.117. The summed E-state index contributed by atoms with van der Waals surface area (Å²) < 4.78 is 32.4. The third kappa shape index (κ3) is 6.17. The summed E-state index contributed by atoms with van der Waals surface area (Å²) in [6, 6.07) is 11.5. The lowest BCUT2D eigenvalue weighted by molar-refractivity contribution is -0.123. The summed E-state index contributed by atoms with van der Waals surface area (Å²) in [6.45, 7) is 2.40. The molecule has 2 amide bonds. The monoisotopic (exact) mass is 473 g/mol. The zero-order valence-corrected chi connectivity index (χ0v) is 19.1. The zero-order chi connectivity index (χ0) is 24.0. The number of carbonyl (C=O) groups excluding carboxylic acids is 3.